The van der Waals surface area contributed by atoms with Gasteiger partial charge < -0.3 is 15.0 Å². The zero-order valence-corrected chi connectivity index (χ0v) is 18.3. The van der Waals surface area contributed by atoms with Gasteiger partial charge in [0.1, 0.15) is 5.82 Å². The van der Waals surface area contributed by atoms with Crippen LogP contribution in [0, 0.1) is 0 Å². The molecule has 1 aromatic carbocycles. The largest absolute Gasteiger partial charge is 0.383 e. The summed E-state index contributed by atoms with van der Waals surface area (Å²) in [5, 5.41) is 3.66. The fourth-order valence-electron chi connectivity index (χ4n) is 3.22. The molecule has 0 saturated carbocycles. The molecule has 0 unspecified atom stereocenters. The third kappa shape index (κ3) is 6.18. The first-order valence-corrected chi connectivity index (χ1v) is 11.2. The van der Waals surface area contributed by atoms with E-state index in [1.54, 1.807) is 18.9 Å². The van der Waals surface area contributed by atoms with Crippen molar-refractivity contribution in [2.75, 3.05) is 38.3 Å². The summed E-state index contributed by atoms with van der Waals surface area (Å²) in [6, 6.07) is 9.85. The van der Waals surface area contributed by atoms with Crippen molar-refractivity contribution in [3.8, 4) is 0 Å². The summed E-state index contributed by atoms with van der Waals surface area (Å²) >= 11 is 1.62. The Balaban J connectivity index is 1.69. The molecule has 0 radical (unpaired) electrons. The number of nitrogens with zero attached hydrogens (tertiary/aromatic N) is 3. The molecule has 1 aromatic heterocycles. The second-order valence-electron chi connectivity index (χ2n) is 7.52. The first-order valence-electron chi connectivity index (χ1n) is 10.2. The molecule has 3 rings (SSSR count). The number of amides is 1. The molecule has 1 amide bonds. The molecular formula is C22H30N4O2S. The normalized spacial score (nSPS) is 13.9. The number of ether oxygens (including phenoxy) is 1. The number of benzene rings is 1. The monoisotopic (exact) mass is 414 g/mol. The maximum absolute atomic E-state index is 12.3. The van der Waals surface area contributed by atoms with Gasteiger partial charge in [0, 0.05) is 49.8 Å². The smallest absolute Gasteiger partial charge is 0.251 e. The molecule has 0 atom stereocenters. The zero-order chi connectivity index (χ0) is 20.6. The highest BCUT2D eigenvalue weighted by Gasteiger charge is 2.17. The topological polar surface area (TPSA) is 67.3 Å². The van der Waals surface area contributed by atoms with Crippen molar-refractivity contribution >= 4 is 23.5 Å². The van der Waals surface area contributed by atoms with E-state index in [4.69, 9.17) is 14.7 Å². The van der Waals surface area contributed by atoms with Crippen LogP contribution in [0.1, 0.15) is 54.2 Å². The summed E-state index contributed by atoms with van der Waals surface area (Å²) in [7, 11) is 1.62. The van der Waals surface area contributed by atoms with Crippen LogP contribution in [-0.2, 0) is 10.5 Å². The number of hydrogen-bond donors (Lipinski definition) is 1. The van der Waals surface area contributed by atoms with Crippen LogP contribution in [0.4, 0.5) is 5.82 Å². The number of carbonyl (C=O) groups excluding carboxylic acids is 1. The van der Waals surface area contributed by atoms with Crippen LogP contribution in [0.3, 0.4) is 0 Å². The van der Waals surface area contributed by atoms with Crippen molar-refractivity contribution in [1.82, 2.24) is 15.3 Å². The third-order valence-corrected chi connectivity index (χ3v) is 5.80. The number of thioether (sulfide) groups is 1. The standard InChI is InChI=1S/C22H30N4O2S/c1-16(2)19-14-20(26-10-4-5-11-26)25-22(24-19)29-15-17-7-6-8-18(13-17)21(27)23-9-12-28-3/h6-8,13-14,16H,4-5,9-12,15H2,1-3H3,(H,23,27). The summed E-state index contributed by atoms with van der Waals surface area (Å²) in [5.74, 6) is 2.04. The Labute approximate surface area is 177 Å². The fraction of sp³-hybridized carbons (Fsp3) is 0.500. The van der Waals surface area contributed by atoms with E-state index in [2.05, 4.69) is 30.1 Å². The predicted octanol–water partition coefficient (Wildman–Crippen LogP) is 3.87. The van der Waals surface area contributed by atoms with Gasteiger partial charge in [0.25, 0.3) is 5.91 Å². The van der Waals surface area contributed by atoms with E-state index in [-0.39, 0.29) is 5.91 Å². The average molecular weight is 415 g/mol. The molecule has 1 aliphatic heterocycles. The quantitative estimate of drug-likeness (QED) is 0.382. The Kier molecular flexibility index (Phi) is 7.89. The Bertz CT molecular complexity index is 822. The highest BCUT2D eigenvalue weighted by Crippen LogP contribution is 2.27. The van der Waals surface area contributed by atoms with E-state index < -0.39 is 0 Å². The first kappa shape index (κ1) is 21.6. The minimum absolute atomic E-state index is 0.0803. The van der Waals surface area contributed by atoms with Crippen molar-refractivity contribution in [3.05, 3.63) is 47.2 Å². The molecule has 0 spiro atoms. The molecule has 29 heavy (non-hydrogen) atoms. The summed E-state index contributed by atoms with van der Waals surface area (Å²) in [4.78, 5) is 24.2. The van der Waals surface area contributed by atoms with E-state index in [1.807, 2.05) is 24.3 Å². The van der Waals surface area contributed by atoms with Gasteiger partial charge in [-0.25, -0.2) is 9.97 Å². The van der Waals surface area contributed by atoms with E-state index in [1.165, 1.54) is 12.8 Å². The number of aromatic nitrogens is 2. The molecule has 6 nitrogen and oxygen atoms in total. The van der Waals surface area contributed by atoms with Gasteiger partial charge in [-0.3, -0.25) is 4.79 Å². The number of hydrogen-bond acceptors (Lipinski definition) is 6. The van der Waals surface area contributed by atoms with Gasteiger partial charge in [-0.2, -0.15) is 0 Å². The minimum Gasteiger partial charge on any atom is -0.383 e. The van der Waals surface area contributed by atoms with Gasteiger partial charge in [0.05, 0.1) is 6.61 Å². The Morgan fingerprint density at radius 1 is 1.24 bits per heavy atom. The highest BCUT2D eigenvalue weighted by atomic mass is 32.2. The Morgan fingerprint density at radius 2 is 2.03 bits per heavy atom. The maximum atomic E-state index is 12.3. The van der Waals surface area contributed by atoms with Crippen LogP contribution in [0.2, 0.25) is 0 Å². The molecule has 2 aromatic rings. The summed E-state index contributed by atoms with van der Waals surface area (Å²) in [5.41, 5.74) is 2.82. The molecule has 1 saturated heterocycles. The van der Waals surface area contributed by atoms with Crippen LogP contribution < -0.4 is 10.2 Å². The number of anilines is 1. The Morgan fingerprint density at radius 3 is 2.76 bits per heavy atom. The maximum Gasteiger partial charge on any atom is 0.251 e. The first-order chi connectivity index (χ1) is 14.1. The van der Waals surface area contributed by atoms with Gasteiger partial charge in [-0.1, -0.05) is 37.7 Å². The SMILES string of the molecule is COCCNC(=O)c1cccc(CSc2nc(C(C)C)cc(N3CCCC3)n2)c1. The van der Waals surface area contributed by atoms with Crippen LogP contribution in [-0.4, -0.2) is 49.2 Å². The number of rotatable bonds is 9. The number of nitrogens with one attached hydrogen (secondary N) is 1. The molecule has 1 aliphatic rings. The third-order valence-electron chi connectivity index (χ3n) is 4.88. The predicted molar refractivity (Wildman–Crippen MR) is 118 cm³/mol. The van der Waals surface area contributed by atoms with Crippen LogP contribution in [0.5, 0.6) is 0 Å². The van der Waals surface area contributed by atoms with E-state index in [0.717, 1.165) is 41.1 Å². The molecule has 1 N–H and O–H groups in total. The summed E-state index contributed by atoms with van der Waals surface area (Å²) in [6.07, 6.45) is 2.45. The van der Waals surface area contributed by atoms with E-state index in [9.17, 15) is 4.79 Å². The van der Waals surface area contributed by atoms with Gasteiger partial charge in [0.15, 0.2) is 5.16 Å². The molecule has 1 fully saturated rings. The van der Waals surface area contributed by atoms with Gasteiger partial charge in [-0.15, -0.1) is 0 Å². The lowest BCUT2D eigenvalue weighted by molar-refractivity contribution is 0.0937. The molecule has 0 bridgehead atoms. The second-order valence-corrected chi connectivity index (χ2v) is 8.46. The van der Waals surface area contributed by atoms with Gasteiger partial charge in [0.2, 0.25) is 0 Å². The van der Waals surface area contributed by atoms with Crippen molar-refractivity contribution in [1.29, 1.82) is 0 Å². The lowest BCUT2D eigenvalue weighted by atomic mass is 10.1. The average Bonchev–Trinajstić information content (AvgIpc) is 3.27. The van der Waals surface area contributed by atoms with Crippen molar-refractivity contribution < 1.29 is 9.53 Å². The lowest BCUT2D eigenvalue weighted by Crippen LogP contribution is -2.26. The van der Waals surface area contributed by atoms with E-state index in [0.29, 0.717) is 24.6 Å². The van der Waals surface area contributed by atoms with Crippen molar-refractivity contribution in [2.24, 2.45) is 0 Å². The van der Waals surface area contributed by atoms with Crippen LogP contribution in [0.15, 0.2) is 35.5 Å². The molecule has 156 valence electrons. The van der Waals surface area contributed by atoms with Crippen LogP contribution in [0.25, 0.3) is 0 Å². The van der Waals surface area contributed by atoms with Gasteiger partial charge >= 0.3 is 0 Å². The summed E-state index contributed by atoms with van der Waals surface area (Å²) in [6.45, 7) is 7.47. The van der Waals surface area contributed by atoms with Crippen molar-refractivity contribution in [3.63, 3.8) is 0 Å². The lowest BCUT2D eigenvalue weighted by Gasteiger charge is -2.18. The minimum atomic E-state index is -0.0803. The van der Waals surface area contributed by atoms with Crippen molar-refractivity contribution in [2.45, 2.75) is 43.5 Å². The van der Waals surface area contributed by atoms with Gasteiger partial charge in [-0.05, 0) is 36.5 Å². The molecule has 7 heteroatoms. The number of carbonyl (C=O) groups is 1. The molecule has 0 aliphatic carbocycles. The fourth-order valence-corrected chi connectivity index (χ4v) is 4.02. The van der Waals surface area contributed by atoms with Crippen LogP contribution >= 0.6 is 11.8 Å². The Hall–Kier alpha value is -2.12. The van der Waals surface area contributed by atoms with E-state index >= 15 is 0 Å². The summed E-state index contributed by atoms with van der Waals surface area (Å²) < 4.78 is 4.98. The molecular weight excluding hydrogens is 384 g/mol. The molecule has 2 heterocycles. The zero-order valence-electron chi connectivity index (χ0n) is 17.5. The number of methoxy groups -OCH3 is 1. The second kappa shape index (κ2) is 10.6. The highest BCUT2D eigenvalue weighted by molar-refractivity contribution is 7.98.